The monoisotopic (exact) mass is 219 g/mol. The van der Waals surface area contributed by atoms with Crippen LogP contribution < -0.4 is 5.73 Å². The minimum atomic E-state index is 0.153. The van der Waals surface area contributed by atoms with Crippen LogP contribution in [0.4, 0.5) is 0 Å². The second kappa shape index (κ2) is 5.01. The second-order valence-electron chi connectivity index (χ2n) is 5.75. The Morgan fingerprint density at radius 3 is 2.25 bits per heavy atom. The fourth-order valence-corrected chi connectivity index (χ4v) is 2.03. The first-order chi connectivity index (χ1) is 7.38. The Labute approximate surface area is 100 Å². The van der Waals surface area contributed by atoms with E-state index in [2.05, 4.69) is 58.9 Å². The lowest BCUT2D eigenvalue weighted by Gasteiger charge is -2.28. The molecule has 0 amide bonds. The van der Waals surface area contributed by atoms with Crippen LogP contribution in [0.2, 0.25) is 0 Å². The maximum absolute atomic E-state index is 6.35. The Morgan fingerprint density at radius 1 is 1.19 bits per heavy atom. The van der Waals surface area contributed by atoms with Crippen molar-refractivity contribution in [2.24, 2.45) is 11.7 Å². The summed E-state index contributed by atoms with van der Waals surface area (Å²) in [5.41, 5.74) is 9.20. The van der Waals surface area contributed by atoms with Gasteiger partial charge in [-0.05, 0) is 22.5 Å². The molecule has 0 saturated carbocycles. The number of hydrogen-bond acceptors (Lipinski definition) is 1. The molecule has 0 bridgehead atoms. The van der Waals surface area contributed by atoms with Gasteiger partial charge in [-0.1, -0.05) is 65.3 Å². The van der Waals surface area contributed by atoms with Crippen molar-refractivity contribution in [3.63, 3.8) is 0 Å². The van der Waals surface area contributed by atoms with E-state index in [-0.39, 0.29) is 11.5 Å². The lowest BCUT2D eigenvalue weighted by Crippen LogP contribution is -2.24. The number of benzene rings is 1. The van der Waals surface area contributed by atoms with Gasteiger partial charge in [-0.2, -0.15) is 0 Å². The average molecular weight is 219 g/mol. The molecule has 90 valence electrons. The SMILES string of the molecule is CCC(C)C(N)c1ccccc1C(C)(C)C. The molecular formula is C15H25N. The van der Waals surface area contributed by atoms with E-state index in [0.29, 0.717) is 5.92 Å². The van der Waals surface area contributed by atoms with Gasteiger partial charge in [0, 0.05) is 6.04 Å². The van der Waals surface area contributed by atoms with Crippen molar-refractivity contribution in [2.45, 2.75) is 52.5 Å². The van der Waals surface area contributed by atoms with Gasteiger partial charge >= 0.3 is 0 Å². The molecule has 0 heterocycles. The maximum atomic E-state index is 6.35. The normalized spacial score (nSPS) is 15.9. The van der Waals surface area contributed by atoms with Crippen LogP contribution in [0.3, 0.4) is 0 Å². The zero-order valence-corrected chi connectivity index (χ0v) is 11.2. The Morgan fingerprint density at radius 2 is 1.75 bits per heavy atom. The quantitative estimate of drug-likeness (QED) is 0.816. The molecule has 0 aliphatic rings. The van der Waals surface area contributed by atoms with Crippen molar-refractivity contribution in [3.05, 3.63) is 35.4 Å². The van der Waals surface area contributed by atoms with Gasteiger partial charge in [0.1, 0.15) is 0 Å². The van der Waals surface area contributed by atoms with Crippen molar-refractivity contribution in [1.29, 1.82) is 0 Å². The molecule has 1 aromatic rings. The van der Waals surface area contributed by atoms with E-state index in [1.54, 1.807) is 0 Å². The smallest absolute Gasteiger partial charge is 0.0323 e. The van der Waals surface area contributed by atoms with Crippen LogP contribution in [-0.2, 0) is 5.41 Å². The van der Waals surface area contributed by atoms with E-state index in [1.807, 2.05) is 0 Å². The largest absolute Gasteiger partial charge is 0.324 e. The van der Waals surface area contributed by atoms with E-state index in [9.17, 15) is 0 Å². The molecule has 0 aliphatic carbocycles. The molecule has 0 aromatic heterocycles. The summed E-state index contributed by atoms with van der Waals surface area (Å²) in [7, 11) is 0. The topological polar surface area (TPSA) is 26.0 Å². The minimum Gasteiger partial charge on any atom is -0.324 e. The number of rotatable bonds is 3. The molecule has 0 spiro atoms. The van der Waals surface area contributed by atoms with Crippen molar-refractivity contribution >= 4 is 0 Å². The predicted molar refractivity (Wildman–Crippen MR) is 71.5 cm³/mol. The molecule has 2 unspecified atom stereocenters. The van der Waals surface area contributed by atoms with E-state index in [0.717, 1.165) is 6.42 Å². The summed E-state index contributed by atoms with van der Waals surface area (Å²) in [5, 5.41) is 0. The molecule has 16 heavy (non-hydrogen) atoms. The fraction of sp³-hybridized carbons (Fsp3) is 0.600. The zero-order chi connectivity index (χ0) is 12.3. The molecular weight excluding hydrogens is 194 g/mol. The Hall–Kier alpha value is -0.820. The summed E-state index contributed by atoms with van der Waals surface area (Å²) in [6, 6.07) is 8.73. The van der Waals surface area contributed by atoms with E-state index < -0.39 is 0 Å². The fourth-order valence-electron chi connectivity index (χ4n) is 2.03. The predicted octanol–water partition coefficient (Wildman–Crippen LogP) is 4.03. The number of hydrogen-bond donors (Lipinski definition) is 1. The first kappa shape index (κ1) is 13.2. The van der Waals surface area contributed by atoms with Gasteiger partial charge in [0.05, 0.1) is 0 Å². The lowest BCUT2D eigenvalue weighted by molar-refractivity contribution is 0.446. The van der Waals surface area contributed by atoms with Crippen LogP contribution >= 0.6 is 0 Å². The maximum Gasteiger partial charge on any atom is 0.0323 e. The van der Waals surface area contributed by atoms with Gasteiger partial charge < -0.3 is 5.73 Å². The molecule has 0 fully saturated rings. The Bertz CT molecular complexity index is 336. The van der Waals surface area contributed by atoms with Crippen molar-refractivity contribution in [2.75, 3.05) is 0 Å². The van der Waals surface area contributed by atoms with Crippen LogP contribution in [0.15, 0.2) is 24.3 Å². The molecule has 2 atom stereocenters. The van der Waals surface area contributed by atoms with Gasteiger partial charge in [-0.15, -0.1) is 0 Å². The number of nitrogens with two attached hydrogens (primary N) is 1. The standard InChI is InChI=1S/C15H25N/c1-6-11(2)14(16)12-9-7-8-10-13(12)15(3,4)5/h7-11,14H,6,16H2,1-5H3. The molecule has 0 radical (unpaired) electrons. The average Bonchev–Trinajstić information content (AvgIpc) is 2.26. The summed E-state index contributed by atoms with van der Waals surface area (Å²) in [6.45, 7) is 11.2. The highest BCUT2D eigenvalue weighted by molar-refractivity contribution is 5.35. The first-order valence-corrected chi connectivity index (χ1v) is 6.23. The molecule has 0 aliphatic heterocycles. The van der Waals surface area contributed by atoms with E-state index in [1.165, 1.54) is 11.1 Å². The van der Waals surface area contributed by atoms with Gasteiger partial charge in [0.2, 0.25) is 0 Å². The summed E-state index contributed by atoms with van der Waals surface area (Å²) in [6.07, 6.45) is 1.12. The zero-order valence-electron chi connectivity index (χ0n) is 11.2. The summed E-state index contributed by atoms with van der Waals surface area (Å²) in [5.74, 6) is 0.531. The summed E-state index contributed by atoms with van der Waals surface area (Å²) < 4.78 is 0. The van der Waals surface area contributed by atoms with Gasteiger partial charge in [-0.25, -0.2) is 0 Å². The van der Waals surface area contributed by atoms with E-state index >= 15 is 0 Å². The van der Waals surface area contributed by atoms with Gasteiger partial charge in [-0.3, -0.25) is 0 Å². The third kappa shape index (κ3) is 2.85. The van der Waals surface area contributed by atoms with Crippen molar-refractivity contribution in [1.82, 2.24) is 0 Å². The summed E-state index contributed by atoms with van der Waals surface area (Å²) in [4.78, 5) is 0. The van der Waals surface area contributed by atoms with E-state index in [4.69, 9.17) is 5.73 Å². The van der Waals surface area contributed by atoms with Crippen molar-refractivity contribution < 1.29 is 0 Å². The molecule has 1 heteroatoms. The van der Waals surface area contributed by atoms with Crippen LogP contribution in [0, 0.1) is 5.92 Å². The highest BCUT2D eigenvalue weighted by atomic mass is 14.6. The molecule has 1 nitrogen and oxygen atoms in total. The Kier molecular flexibility index (Phi) is 4.15. The lowest BCUT2D eigenvalue weighted by atomic mass is 9.79. The molecule has 1 aromatic carbocycles. The third-order valence-corrected chi connectivity index (χ3v) is 3.38. The van der Waals surface area contributed by atoms with Crippen LogP contribution in [0.5, 0.6) is 0 Å². The first-order valence-electron chi connectivity index (χ1n) is 6.23. The highest BCUT2D eigenvalue weighted by Crippen LogP contribution is 2.32. The highest BCUT2D eigenvalue weighted by Gasteiger charge is 2.22. The minimum absolute atomic E-state index is 0.153. The molecule has 0 saturated heterocycles. The van der Waals surface area contributed by atoms with Crippen LogP contribution in [0.25, 0.3) is 0 Å². The summed E-state index contributed by atoms with van der Waals surface area (Å²) >= 11 is 0. The van der Waals surface area contributed by atoms with Gasteiger partial charge in [0.15, 0.2) is 0 Å². The molecule has 1 rings (SSSR count). The Balaban J connectivity index is 3.13. The van der Waals surface area contributed by atoms with Crippen molar-refractivity contribution in [3.8, 4) is 0 Å². The van der Waals surface area contributed by atoms with Crippen LogP contribution in [-0.4, -0.2) is 0 Å². The van der Waals surface area contributed by atoms with Crippen LogP contribution in [0.1, 0.15) is 58.2 Å². The molecule has 2 N–H and O–H groups in total. The van der Waals surface area contributed by atoms with Gasteiger partial charge in [0.25, 0.3) is 0 Å². The third-order valence-electron chi connectivity index (χ3n) is 3.38. The second-order valence-corrected chi connectivity index (χ2v) is 5.75.